The molecule has 0 saturated heterocycles. The number of hydrogen-bond donors (Lipinski definition) is 3. The summed E-state index contributed by atoms with van der Waals surface area (Å²) in [7, 11) is -3.78. The van der Waals surface area contributed by atoms with Crippen molar-refractivity contribution in [3.8, 4) is 0 Å². The van der Waals surface area contributed by atoms with Crippen molar-refractivity contribution in [1.29, 1.82) is 0 Å². The van der Waals surface area contributed by atoms with Crippen LogP contribution in [0.3, 0.4) is 0 Å². The van der Waals surface area contributed by atoms with Crippen LogP contribution in [0.4, 0.5) is 5.69 Å². The minimum absolute atomic E-state index is 0.0433. The van der Waals surface area contributed by atoms with Crippen molar-refractivity contribution in [3.63, 3.8) is 0 Å². The Balaban J connectivity index is 2.13. The number of carbonyl (C=O) groups is 2. The van der Waals surface area contributed by atoms with E-state index in [1.165, 1.54) is 24.3 Å². The minimum Gasteiger partial charge on any atom is -0.355 e. The number of aryl methyl sites for hydroxylation is 1. The van der Waals surface area contributed by atoms with Gasteiger partial charge in [-0.1, -0.05) is 12.1 Å². The van der Waals surface area contributed by atoms with E-state index in [4.69, 9.17) is 0 Å². The molecule has 0 bridgehead atoms. The Labute approximate surface area is 165 Å². The van der Waals surface area contributed by atoms with E-state index in [-0.39, 0.29) is 16.4 Å². The molecule has 0 heterocycles. The van der Waals surface area contributed by atoms with Gasteiger partial charge in [-0.15, -0.1) is 0 Å². The first kappa shape index (κ1) is 21.4. The van der Waals surface area contributed by atoms with Crippen molar-refractivity contribution in [2.24, 2.45) is 0 Å². The summed E-state index contributed by atoms with van der Waals surface area (Å²) in [6, 6.07) is 10.2. The summed E-state index contributed by atoms with van der Waals surface area (Å²) in [4.78, 5) is 24.0. The molecule has 1 atom stereocenters. The van der Waals surface area contributed by atoms with Gasteiger partial charge in [0.25, 0.3) is 15.9 Å². The normalized spacial score (nSPS) is 12.1. The van der Waals surface area contributed by atoms with Crippen molar-refractivity contribution >= 4 is 27.5 Å². The van der Waals surface area contributed by atoms with Crippen LogP contribution in [0.1, 0.15) is 35.3 Å². The predicted molar refractivity (Wildman–Crippen MR) is 109 cm³/mol. The Hall–Kier alpha value is -2.87. The van der Waals surface area contributed by atoms with E-state index in [1.807, 2.05) is 19.9 Å². The molecule has 150 valence electrons. The van der Waals surface area contributed by atoms with E-state index in [0.29, 0.717) is 12.2 Å². The molecule has 0 spiro atoms. The number of sulfonamides is 1. The van der Waals surface area contributed by atoms with Gasteiger partial charge in [0.05, 0.1) is 10.6 Å². The third-order valence-corrected chi connectivity index (χ3v) is 5.75. The molecule has 0 aliphatic heterocycles. The number of hydrogen-bond acceptors (Lipinski definition) is 4. The SMILES string of the molecule is CCNC(=O)[C@@H](C)NC(=O)c1ccc(S(=O)(=O)Nc2cccc(C)c2C)cc1. The quantitative estimate of drug-likeness (QED) is 0.660. The highest BCUT2D eigenvalue weighted by molar-refractivity contribution is 7.92. The molecule has 0 saturated carbocycles. The first-order valence-electron chi connectivity index (χ1n) is 8.93. The molecule has 0 fully saturated rings. The van der Waals surface area contributed by atoms with Crippen molar-refractivity contribution in [1.82, 2.24) is 10.6 Å². The van der Waals surface area contributed by atoms with Crippen LogP contribution < -0.4 is 15.4 Å². The third kappa shape index (κ3) is 5.10. The minimum atomic E-state index is -3.78. The summed E-state index contributed by atoms with van der Waals surface area (Å²) >= 11 is 0. The first-order chi connectivity index (χ1) is 13.2. The van der Waals surface area contributed by atoms with Gasteiger partial charge in [-0.2, -0.15) is 0 Å². The molecule has 2 rings (SSSR count). The Morgan fingerprint density at radius 3 is 2.29 bits per heavy atom. The fourth-order valence-corrected chi connectivity index (χ4v) is 3.65. The van der Waals surface area contributed by atoms with Crippen LogP contribution in [0.5, 0.6) is 0 Å². The average Bonchev–Trinajstić information content (AvgIpc) is 2.65. The number of likely N-dealkylation sites (N-methyl/N-ethyl adjacent to an activating group) is 1. The lowest BCUT2D eigenvalue weighted by molar-refractivity contribution is -0.122. The topological polar surface area (TPSA) is 104 Å². The summed E-state index contributed by atoms with van der Waals surface area (Å²) < 4.78 is 27.8. The van der Waals surface area contributed by atoms with Gasteiger partial charge in [0.15, 0.2) is 0 Å². The molecule has 0 unspecified atom stereocenters. The van der Waals surface area contributed by atoms with Gasteiger partial charge < -0.3 is 10.6 Å². The molecule has 2 aromatic carbocycles. The van der Waals surface area contributed by atoms with Gasteiger partial charge in [0, 0.05) is 12.1 Å². The zero-order valence-electron chi connectivity index (χ0n) is 16.4. The van der Waals surface area contributed by atoms with E-state index < -0.39 is 22.0 Å². The van der Waals surface area contributed by atoms with Gasteiger partial charge in [-0.05, 0) is 69.2 Å². The Kier molecular flexibility index (Phi) is 6.80. The first-order valence-corrected chi connectivity index (χ1v) is 10.4. The number of amides is 2. The van der Waals surface area contributed by atoms with Crippen LogP contribution in [0.25, 0.3) is 0 Å². The molecule has 0 aliphatic carbocycles. The highest BCUT2D eigenvalue weighted by Crippen LogP contribution is 2.22. The second kappa shape index (κ2) is 8.88. The lowest BCUT2D eigenvalue weighted by Gasteiger charge is -2.14. The number of benzene rings is 2. The van der Waals surface area contributed by atoms with Gasteiger partial charge in [-0.25, -0.2) is 8.42 Å². The van der Waals surface area contributed by atoms with Crippen LogP contribution in [-0.4, -0.2) is 32.8 Å². The van der Waals surface area contributed by atoms with Crippen LogP contribution >= 0.6 is 0 Å². The lowest BCUT2D eigenvalue weighted by Crippen LogP contribution is -2.44. The maximum atomic E-state index is 12.6. The lowest BCUT2D eigenvalue weighted by atomic mass is 10.1. The standard InChI is InChI=1S/C20H25N3O4S/c1-5-21-19(24)15(4)22-20(25)16-9-11-17(12-10-16)28(26,27)23-18-8-6-7-13(2)14(18)3/h6-12,15,23H,5H2,1-4H3,(H,21,24)(H,22,25)/t15-/m1/s1. The molecule has 3 N–H and O–H groups in total. The second-order valence-corrected chi connectivity index (χ2v) is 8.15. The van der Waals surface area contributed by atoms with Gasteiger partial charge in [-0.3, -0.25) is 14.3 Å². The fraction of sp³-hybridized carbons (Fsp3) is 0.300. The zero-order valence-corrected chi connectivity index (χ0v) is 17.2. The number of nitrogens with one attached hydrogen (secondary N) is 3. The van der Waals surface area contributed by atoms with Crippen LogP contribution in [-0.2, 0) is 14.8 Å². The monoisotopic (exact) mass is 403 g/mol. The van der Waals surface area contributed by atoms with Gasteiger partial charge >= 0.3 is 0 Å². The third-order valence-electron chi connectivity index (χ3n) is 4.37. The van der Waals surface area contributed by atoms with E-state index >= 15 is 0 Å². The maximum Gasteiger partial charge on any atom is 0.261 e. The predicted octanol–water partition coefficient (Wildman–Crippen LogP) is 2.36. The van der Waals surface area contributed by atoms with Gasteiger partial charge in [0.2, 0.25) is 5.91 Å². The molecular weight excluding hydrogens is 378 g/mol. The Morgan fingerprint density at radius 1 is 1.04 bits per heavy atom. The van der Waals surface area contributed by atoms with Gasteiger partial charge in [0.1, 0.15) is 6.04 Å². The highest BCUT2D eigenvalue weighted by atomic mass is 32.2. The number of anilines is 1. The van der Waals surface area contributed by atoms with E-state index in [9.17, 15) is 18.0 Å². The average molecular weight is 404 g/mol. The Bertz CT molecular complexity index is 969. The van der Waals surface area contributed by atoms with Crippen LogP contribution in [0, 0.1) is 13.8 Å². The summed E-state index contributed by atoms with van der Waals surface area (Å²) in [6.45, 7) is 7.59. The van der Waals surface area contributed by atoms with Crippen LogP contribution in [0.2, 0.25) is 0 Å². The molecular formula is C20H25N3O4S. The van der Waals surface area contributed by atoms with Crippen LogP contribution in [0.15, 0.2) is 47.4 Å². The van der Waals surface area contributed by atoms with E-state index in [1.54, 1.807) is 26.0 Å². The molecule has 0 radical (unpaired) electrons. The number of rotatable bonds is 7. The second-order valence-electron chi connectivity index (χ2n) is 6.47. The molecule has 2 amide bonds. The summed E-state index contributed by atoms with van der Waals surface area (Å²) in [5, 5.41) is 5.20. The number of carbonyl (C=O) groups excluding carboxylic acids is 2. The van der Waals surface area contributed by atoms with Crippen molar-refractivity contribution in [2.45, 2.75) is 38.6 Å². The van der Waals surface area contributed by atoms with Crippen molar-refractivity contribution < 1.29 is 18.0 Å². The summed E-state index contributed by atoms with van der Waals surface area (Å²) in [6.07, 6.45) is 0. The molecule has 0 aliphatic rings. The maximum absolute atomic E-state index is 12.6. The molecule has 28 heavy (non-hydrogen) atoms. The molecule has 8 heteroatoms. The zero-order chi connectivity index (χ0) is 20.9. The van der Waals surface area contributed by atoms with Crippen molar-refractivity contribution in [3.05, 3.63) is 59.2 Å². The molecule has 7 nitrogen and oxygen atoms in total. The van der Waals surface area contributed by atoms with Crippen molar-refractivity contribution in [2.75, 3.05) is 11.3 Å². The highest BCUT2D eigenvalue weighted by Gasteiger charge is 2.18. The Morgan fingerprint density at radius 2 is 1.68 bits per heavy atom. The summed E-state index contributed by atoms with van der Waals surface area (Å²) in [5.74, 6) is -0.738. The largest absolute Gasteiger partial charge is 0.355 e. The van der Waals surface area contributed by atoms with E-state index in [0.717, 1.165) is 11.1 Å². The van der Waals surface area contributed by atoms with E-state index in [2.05, 4.69) is 15.4 Å². The molecule has 0 aromatic heterocycles. The molecule has 2 aromatic rings. The summed E-state index contributed by atoms with van der Waals surface area (Å²) in [5.41, 5.74) is 2.61. The fourth-order valence-electron chi connectivity index (χ4n) is 2.52. The smallest absolute Gasteiger partial charge is 0.261 e.